The van der Waals surface area contributed by atoms with Crippen LogP contribution in [0.15, 0.2) is 18.2 Å². The number of anilines is 1. The summed E-state index contributed by atoms with van der Waals surface area (Å²) in [6.45, 7) is 6.71. The fraction of sp³-hybridized carbons (Fsp3) is 0.556. The Morgan fingerprint density at radius 2 is 1.74 bits per heavy atom. The van der Waals surface area contributed by atoms with Crippen LogP contribution in [0.3, 0.4) is 0 Å². The molecule has 1 N–H and O–H groups in total. The standard InChI is InChI=1S/C18H25ClN2O2/c1-13-14(19)9-8-10-15(13)20-16(22)18(2,3)17(23)21-11-6-4-5-7-12-21/h8-10H,4-7,11-12H2,1-3H3,(H,20,22). The van der Waals surface area contributed by atoms with Gasteiger partial charge in [-0.3, -0.25) is 9.59 Å². The number of benzene rings is 1. The van der Waals surface area contributed by atoms with Gasteiger partial charge in [-0.1, -0.05) is 30.5 Å². The molecule has 2 rings (SSSR count). The molecule has 1 aliphatic rings. The van der Waals surface area contributed by atoms with Crippen LogP contribution in [0.1, 0.15) is 45.1 Å². The zero-order valence-corrected chi connectivity index (χ0v) is 14.9. The van der Waals surface area contributed by atoms with Crippen molar-refractivity contribution in [1.29, 1.82) is 0 Å². The van der Waals surface area contributed by atoms with Gasteiger partial charge in [0, 0.05) is 23.8 Å². The van der Waals surface area contributed by atoms with Crippen molar-refractivity contribution in [1.82, 2.24) is 4.90 Å². The minimum atomic E-state index is -1.10. The molecule has 126 valence electrons. The number of rotatable bonds is 3. The van der Waals surface area contributed by atoms with E-state index in [-0.39, 0.29) is 11.8 Å². The second-order valence-corrected chi connectivity index (χ2v) is 7.11. The summed E-state index contributed by atoms with van der Waals surface area (Å²) >= 11 is 6.09. The van der Waals surface area contributed by atoms with Crippen molar-refractivity contribution in [3.8, 4) is 0 Å². The predicted octanol–water partition coefficient (Wildman–Crippen LogP) is 4.02. The van der Waals surface area contributed by atoms with Gasteiger partial charge < -0.3 is 10.2 Å². The Hall–Kier alpha value is -1.55. The number of nitrogens with zero attached hydrogens (tertiary/aromatic N) is 1. The Morgan fingerprint density at radius 3 is 2.35 bits per heavy atom. The van der Waals surface area contributed by atoms with Gasteiger partial charge in [0.2, 0.25) is 11.8 Å². The molecule has 0 atom stereocenters. The Morgan fingerprint density at radius 1 is 1.13 bits per heavy atom. The molecule has 4 nitrogen and oxygen atoms in total. The number of likely N-dealkylation sites (tertiary alicyclic amines) is 1. The van der Waals surface area contributed by atoms with E-state index in [0.29, 0.717) is 10.7 Å². The summed E-state index contributed by atoms with van der Waals surface area (Å²) in [6.07, 6.45) is 4.32. The summed E-state index contributed by atoms with van der Waals surface area (Å²) < 4.78 is 0. The molecule has 0 saturated carbocycles. The number of hydrogen-bond acceptors (Lipinski definition) is 2. The largest absolute Gasteiger partial charge is 0.342 e. The zero-order chi connectivity index (χ0) is 17.0. The molecule has 2 amide bonds. The summed E-state index contributed by atoms with van der Waals surface area (Å²) in [5.74, 6) is -0.395. The highest BCUT2D eigenvalue weighted by Gasteiger charge is 2.39. The average Bonchev–Trinajstić information content (AvgIpc) is 2.80. The van der Waals surface area contributed by atoms with E-state index in [9.17, 15) is 9.59 Å². The maximum absolute atomic E-state index is 12.8. The molecule has 23 heavy (non-hydrogen) atoms. The van der Waals surface area contributed by atoms with Gasteiger partial charge in [0.25, 0.3) is 0 Å². The molecule has 1 aromatic rings. The van der Waals surface area contributed by atoms with Crippen LogP contribution in [0, 0.1) is 12.3 Å². The molecule has 0 unspecified atom stereocenters. The first kappa shape index (κ1) is 17.8. The number of carbonyl (C=O) groups is 2. The van der Waals surface area contributed by atoms with Crippen molar-refractivity contribution < 1.29 is 9.59 Å². The third-order valence-corrected chi connectivity index (χ3v) is 4.92. The first-order chi connectivity index (χ1) is 10.8. The number of amides is 2. The Labute approximate surface area is 143 Å². The summed E-state index contributed by atoms with van der Waals surface area (Å²) in [6, 6.07) is 5.36. The first-order valence-corrected chi connectivity index (χ1v) is 8.58. The lowest BCUT2D eigenvalue weighted by atomic mass is 9.89. The van der Waals surface area contributed by atoms with Crippen LogP contribution < -0.4 is 5.32 Å². The Bertz CT molecular complexity index is 591. The maximum atomic E-state index is 12.8. The van der Waals surface area contributed by atoms with E-state index in [1.807, 2.05) is 11.8 Å². The summed E-state index contributed by atoms with van der Waals surface area (Å²) in [7, 11) is 0. The van der Waals surface area contributed by atoms with Crippen molar-refractivity contribution in [2.75, 3.05) is 18.4 Å². The van der Waals surface area contributed by atoms with Gasteiger partial charge in [-0.2, -0.15) is 0 Å². The second kappa shape index (κ2) is 7.35. The van der Waals surface area contributed by atoms with Crippen molar-refractivity contribution in [2.45, 2.75) is 46.5 Å². The smallest absolute Gasteiger partial charge is 0.239 e. The van der Waals surface area contributed by atoms with Gasteiger partial charge in [0.15, 0.2) is 0 Å². The lowest BCUT2D eigenvalue weighted by Gasteiger charge is -2.30. The molecule has 1 fully saturated rings. The van der Waals surface area contributed by atoms with Crippen molar-refractivity contribution >= 4 is 29.1 Å². The zero-order valence-electron chi connectivity index (χ0n) is 14.1. The summed E-state index contributed by atoms with van der Waals surface area (Å²) in [5, 5.41) is 3.45. The van der Waals surface area contributed by atoms with E-state index in [4.69, 9.17) is 11.6 Å². The third-order valence-electron chi connectivity index (χ3n) is 4.51. The van der Waals surface area contributed by atoms with Crippen molar-refractivity contribution in [3.63, 3.8) is 0 Å². The van der Waals surface area contributed by atoms with E-state index in [2.05, 4.69) is 5.32 Å². The Kier molecular flexibility index (Phi) is 5.69. The number of hydrogen-bond donors (Lipinski definition) is 1. The molecular weight excluding hydrogens is 312 g/mol. The number of halogens is 1. The highest BCUT2D eigenvalue weighted by atomic mass is 35.5. The van der Waals surface area contributed by atoms with Gasteiger partial charge in [-0.15, -0.1) is 0 Å². The highest BCUT2D eigenvalue weighted by Crippen LogP contribution is 2.27. The number of carbonyl (C=O) groups excluding carboxylic acids is 2. The monoisotopic (exact) mass is 336 g/mol. The van der Waals surface area contributed by atoms with E-state index >= 15 is 0 Å². The first-order valence-electron chi connectivity index (χ1n) is 8.20. The predicted molar refractivity (Wildman–Crippen MR) is 93.6 cm³/mol. The molecule has 5 heteroatoms. The fourth-order valence-corrected chi connectivity index (χ4v) is 2.96. The Balaban J connectivity index is 2.12. The van der Waals surface area contributed by atoms with Gasteiger partial charge >= 0.3 is 0 Å². The topological polar surface area (TPSA) is 49.4 Å². The van der Waals surface area contributed by atoms with Crippen LogP contribution in [0.25, 0.3) is 0 Å². The minimum Gasteiger partial charge on any atom is -0.342 e. The molecule has 0 aliphatic carbocycles. The SMILES string of the molecule is Cc1c(Cl)cccc1NC(=O)C(C)(C)C(=O)N1CCCCCC1. The quantitative estimate of drug-likeness (QED) is 0.848. The second-order valence-electron chi connectivity index (χ2n) is 6.70. The van der Waals surface area contributed by atoms with E-state index in [1.54, 1.807) is 32.0 Å². The van der Waals surface area contributed by atoms with Crippen LogP contribution >= 0.6 is 11.6 Å². The van der Waals surface area contributed by atoms with E-state index in [1.165, 1.54) is 0 Å². The van der Waals surface area contributed by atoms with Gasteiger partial charge in [-0.05, 0) is 51.3 Å². The van der Waals surface area contributed by atoms with E-state index in [0.717, 1.165) is 44.3 Å². The average molecular weight is 337 g/mol. The van der Waals surface area contributed by atoms with Crippen LogP contribution in [-0.4, -0.2) is 29.8 Å². The van der Waals surface area contributed by atoms with Crippen LogP contribution in [0.5, 0.6) is 0 Å². The van der Waals surface area contributed by atoms with Gasteiger partial charge in [0.05, 0.1) is 0 Å². The molecule has 1 aliphatic heterocycles. The van der Waals surface area contributed by atoms with Crippen LogP contribution in [0.2, 0.25) is 5.02 Å². The molecule has 0 spiro atoms. The minimum absolute atomic E-state index is 0.100. The molecule has 0 radical (unpaired) electrons. The van der Waals surface area contributed by atoms with Crippen LogP contribution in [0.4, 0.5) is 5.69 Å². The molecule has 1 heterocycles. The van der Waals surface area contributed by atoms with Crippen molar-refractivity contribution in [2.24, 2.45) is 5.41 Å². The fourth-order valence-electron chi connectivity index (χ4n) is 2.79. The molecule has 1 saturated heterocycles. The van der Waals surface area contributed by atoms with E-state index < -0.39 is 5.41 Å². The molecule has 1 aromatic carbocycles. The molecule has 0 aromatic heterocycles. The van der Waals surface area contributed by atoms with Crippen LogP contribution in [-0.2, 0) is 9.59 Å². The normalized spacial score (nSPS) is 15.9. The molecular formula is C18H25ClN2O2. The van der Waals surface area contributed by atoms with Gasteiger partial charge in [-0.25, -0.2) is 0 Å². The lowest BCUT2D eigenvalue weighted by Crippen LogP contribution is -2.47. The van der Waals surface area contributed by atoms with Gasteiger partial charge in [0.1, 0.15) is 5.41 Å². The lowest BCUT2D eigenvalue weighted by molar-refractivity contribution is -0.146. The third kappa shape index (κ3) is 4.05. The van der Waals surface area contributed by atoms with Crippen molar-refractivity contribution in [3.05, 3.63) is 28.8 Å². The number of nitrogens with one attached hydrogen (secondary N) is 1. The molecule has 0 bridgehead atoms. The summed E-state index contributed by atoms with van der Waals surface area (Å²) in [5.41, 5.74) is 0.360. The summed E-state index contributed by atoms with van der Waals surface area (Å²) in [4.78, 5) is 27.3. The highest BCUT2D eigenvalue weighted by molar-refractivity contribution is 6.31. The maximum Gasteiger partial charge on any atom is 0.239 e.